The highest BCUT2D eigenvalue weighted by molar-refractivity contribution is 7.94. The monoisotopic (exact) mass is 714 g/mol. The molecule has 0 saturated heterocycles. The molecule has 0 heterocycles. The van der Waals surface area contributed by atoms with E-state index in [2.05, 4.69) is 34.8 Å². The van der Waals surface area contributed by atoms with E-state index in [0.29, 0.717) is 34.5 Å². The highest BCUT2D eigenvalue weighted by Gasteiger charge is 2.21. The van der Waals surface area contributed by atoms with Crippen LogP contribution in [-0.4, -0.2) is 49.8 Å². The number of ether oxygens (including phenoxy) is 1. The smallest absolute Gasteiger partial charge is 0.296 e. The molecule has 0 unspecified atom stereocenters. The van der Waals surface area contributed by atoms with Crippen molar-refractivity contribution in [3.8, 4) is 5.75 Å². The van der Waals surface area contributed by atoms with Gasteiger partial charge in [0.2, 0.25) is 0 Å². The van der Waals surface area contributed by atoms with Crippen LogP contribution in [0.1, 0.15) is 0 Å². The average molecular weight is 715 g/mol. The lowest BCUT2D eigenvalue weighted by atomic mass is 10.1. The number of nitrogens with zero attached hydrogens (tertiary/aromatic N) is 5. The van der Waals surface area contributed by atoms with Crippen LogP contribution < -0.4 is 5.73 Å². The normalized spacial score (nSPS) is 12.7. The molecule has 5 rings (SSSR count). The Bertz CT molecular complexity index is 2350. The number of methoxy groups -OCH3 is 1. The summed E-state index contributed by atoms with van der Waals surface area (Å²) >= 11 is 0.367. The predicted molar refractivity (Wildman–Crippen MR) is 174 cm³/mol. The van der Waals surface area contributed by atoms with E-state index in [0.717, 1.165) is 18.2 Å². The van der Waals surface area contributed by atoms with E-state index in [-0.39, 0.29) is 38.1 Å². The van der Waals surface area contributed by atoms with E-state index in [1.54, 1.807) is 24.3 Å². The van der Waals surface area contributed by atoms with Gasteiger partial charge in [-0.2, -0.15) is 21.9 Å². The van der Waals surface area contributed by atoms with Crippen molar-refractivity contribution in [2.45, 2.75) is 14.7 Å². The summed E-state index contributed by atoms with van der Waals surface area (Å²) in [5.41, 5.74) is 6.63. The van der Waals surface area contributed by atoms with E-state index in [4.69, 9.17) is 15.7 Å². The Morgan fingerprint density at radius 1 is 0.771 bits per heavy atom. The number of hydrogen-bond acceptors (Lipinski definition) is 16. The molecule has 0 atom stereocenters. The van der Waals surface area contributed by atoms with Crippen molar-refractivity contribution in [1.82, 2.24) is 0 Å². The molecule has 0 aliphatic rings. The average Bonchev–Trinajstić information content (AvgIpc) is 3.04. The number of phenolic OH excluding ortho intramolecular Hbond substituents is 1. The van der Waals surface area contributed by atoms with E-state index < -0.39 is 35.8 Å². The fraction of sp³-hybridized carbons (Fsp3) is 0.0357. The minimum atomic E-state index is -4.72. The number of hydrogen-bond donors (Lipinski definition) is 5. The van der Waals surface area contributed by atoms with Gasteiger partial charge in [0.15, 0.2) is 12.2 Å². The number of nitrogen functional groups attached to an aromatic ring is 1. The molecule has 0 radical (unpaired) electrons. The third-order valence-corrected chi connectivity index (χ3v) is 8.92. The van der Waals surface area contributed by atoms with E-state index >= 15 is 0 Å². The van der Waals surface area contributed by atoms with Crippen LogP contribution in [0.3, 0.4) is 0 Å². The van der Waals surface area contributed by atoms with Crippen LogP contribution in [0, 0.1) is 0 Å². The number of anilines is 1. The van der Waals surface area contributed by atoms with Crippen molar-refractivity contribution in [3.05, 3.63) is 72.8 Å². The first kappa shape index (κ1) is 34.3. The third kappa shape index (κ3) is 7.56. The van der Waals surface area contributed by atoms with Crippen LogP contribution in [-0.2, 0) is 34.3 Å². The first-order chi connectivity index (χ1) is 22.8. The Kier molecular flexibility index (Phi) is 9.98. The maximum absolute atomic E-state index is 12.0. The van der Waals surface area contributed by atoms with Gasteiger partial charge in [0, 0.05) is 16.2 Å². The molecule has 0 saturated carbocycles. The van der Waals surface area contributed by atoms with Gasteiger partial charge in [0.1, 0.15) is 10.6 Å². The Morgan fingerprint density at radius 2 is 1.44 bits per heavy atom. The van der Waals surface area contributed by atoms with E-state index in [1.807, 2.05) is 0 Å². The number of fused-ring (bicyclic) bond motifs is 2. The lowest BCUT2D eigenvalue weighted by Gasteiger charge is -2.11. The molecular weight excluding hydrogens is 693 g/mol. The summed E-state index contributed by atoms with van der Waals surface area (Å²) < 4.78 is 76.0. The lowest BCUT2D eigenvalue weighted by molar-refractivity contribution is -0.432. The second kappa shape index (κ2) is 14.0. The SMILES string of the molecule is COC=Nc1ccc(N=Nc2ccc(N=Nc3c(SOOO)cc4cc(S(=O)(=O)O)c(N)cc4c3O)c3cc(S(=O)(=O)O)ccc23)cc1. The Morgan fingerprint density at radius 3 is 2.08 bits per heavy atom. The zero-order valence-corrected chi connectivity index (χ0v) is 26.6. The van der Waals surface area contributed by atoms with Crippen LogP contribution in [0.2, 0.25) is 0 Å². The first-order valence-electron chi connectivity index (χ1n) is 13.0. The van der Waals surface area contributed by atoms with Crippen molar-refractivity contribution in [2.24, 2.45) is 25.4 Å². The molecule has 0 amide bonds. The van der Waals surface area contributed by atoms with Crippen molar-refractivity contribution < 1.29 is 50.4 Å². The second-order valence-corrected chi connectivity index (χ2v) is 13.1. The minimum absolute atomic E-state index is 0.0101. The van der Waals surface area contributed by atoms with Gasteiger partial charge in [0.25, 0.3) is 20.2 Å². The van der Waals surface area contributed by atoms with Crippen LogP contribution in [0.5, 0.6) is 5.75 Å². The van der Waals surface area contributed by atoms with E-state index in [1.165, 1.54) is 43.8 Å². The maximum Gasteiger partial charge on any atom is 0.296 e. The Hall–Kier alpha value is -5.06. The van der Waals surface area contributed by atoms with Crippen LogP contribution in [0.4, 0.5) is 34.1 Å². The summed E-state index contributed by atoms with van der Waals surface area (Å²) in [5.74, 6) is -0.554. The standard InChI is InChI=1S/C28H22N6O11S3/c1-43-14-30-16-2-4-17(5-3-16)31-32-23-8-9-24(21-12-18(47(37,38)39)6-7-19(21)23)33-34-27-25(46-45-44-36)10-15-11-26(48(40,41)42)22(29)13-20(15)28(27)35/h2-14,35-36H,29H2,1H3,(H,37,38,39)(H,40,41,42). The summed E-state index contributed by atoms with van der Waals surface area (Å²) in [7, 11) is -7.89. The molecular formula is C28H22N6O11S3. The number of aliphatic imine (C=N–C) groups is 1. The zero-order valence-electron chi connectivity index (χ0n) is 24.2. The predicted octanol–water partition coefficient (Wildman–Crippen LogP) is 7.34. The lowest BCUT2D eigenvalue weighted by Crippen LogP contribution is -2.03. The number of azo groups is 2. The minimum Gasteiger partial charge on any atom is -0.505 e. The highest BCUT2D eigenvalue weighted by atomic mass is 32.2. The van der Waals surface area contributed by atoms with Gasteiger partial charge < -0.3 is 15.6 Å². The Balaban J connectivity index is 1.62. The van der Waals surface area contributed by atoms with Gasteiger partial charge in [-0.1, -0.05) is 11.1 Å². The molecule has 0 bridgehead atoms. The van der Waals surface area contributed by atoms with E-state index in [9.17, 15) is 31.0 Å². The number of phenols is 1. The summed E-state index contributed by atoms with van der Waals surface area (Å²) in [6, 6.07) is 16.8. The molecule has 0 fully saturated rings. The number of rotatable bonds is 11. The van der Waals surface area contributed by atoms with Crippen molar-refractivity contribution in [1.29, 1.82) is 0 Å². The number of aromatic hydroxyl groups is 1. The molecule has 48 heavy (non-hydrogen) atoms. The van der Waals surface area contributed by atoms with Gasteiger partial charge in [-0.25, -0.2) is 10.2 Å². The first-order valence-corrected chi connectivity index (χ1v) is 16.7. The number of nitrogens with two attached hydrogens (primary N) is 1. The molecule has 17 nitrogen and oxygen atoms in total. The van der Waals surface area contributed by atoms with Gasteiger partial charge in [-0.05, 0) is 72.1 Å². The summed E-state index contributed by atoms with van der Waals surface area (Å²) in [6.45, 7) is 0. The molecule has 0 aliphatic heterocycles. The molecule has 5 aromatic rings. The van der Waals surface area contributed by atoms with Gasteiger partial charge in [0.05, 0.1) is 57.4 Å². The summed E-state index contributed by atoms with van der Waals surface area (Å²) in [4.78, 5) is 2.96. The van der Waals surface area contributed by atoms with Crippen LogP contribution in [0.15, 0.2) is 113 Å². The fourth-order valence-electron chi connectivity index (χ4n) is 4.39. The molecule has 0 aliphatic carbocycles. The van der Waals surface area contributed by atoms with Gasteiger partial charge in [-0.3, -0.25) is 9.11 Å². The molecule has 20 heteroatoms. The van der Waals surface area contributed by atoms with Crippen molar-refractivity contribution >= 4 is 94.3 Å². The van der Waals surface area contributed by atoms with Gasteiger partial charge in [-0.15, -0.1) is 19.7 Å². The Labute approximate surface area is 275 Å². The topological polar surface area (TPSA) is 265 Å². The largest absolute Gasteiger partial charge is 0.505 e. The molecule has 248 valence electrons. The number of benzene rings is 5. The van der Waals surface area contributed by atoms with Gasteiger partial charge >= 0.3 is 0 Å². The van der Waals surface area contributed by atoms with Crippen LogP contribution in [0.25, 0.3) is 21.5 Å². The fourth-order valence-corrected chi connectivity index (χ4v) is 6.03. The molecule has 6 N–H and O–H groups in total. The quantitative estimate of drug-likeness (QED) is 0.0131. The van der Waals surface area contributed by atoms with Crippen molar-refractivity contribution in [3.63, 3.8) is 0 Å². The second-order valence-electron chi connectivity index (χ2n) is 9.56. The molecule has 0 aromatic heterocycles. The summed E-state index contributed by atoms with van der Waals surface area (Å²) in [6.07, 6.45) is 1.28. The maximum atomic E-state index is 12.0. The molecule has 5 aromatic carbocycles. The van der Waals surface area contributed by atoms with Crippen LogP contribution >= 0.6 is 12.0 Å². The summed E-state index contributed by atoms with van der Waals surface area (Å²) in [5, 5.41) is 40.9. The third-order valence-electron chi connectivity index (χ3n) is 6.54. The zero-order chi connectivity index (χ0) is 34.6. The molecule has 0 spiro atoms. The van der Waals surface area contributed by atoms with Crippen molar-refractivity contribution in [2.75, 3.05) is 12.8 Å². The highest BCUT2D eigenvalue weighted by Crippen LogP contribution is 2.46.